The third kappa shape index (κ3) is 17.0. The number of nitrogens with zero attached hydrogens (tertiary/aromatic N) is 1. The van der Waals surface area contributed by atoms with Gasteiger partial charge in [0.25, 0.3) is 5.69 Å². The third-order valence-electron chi connectivity index (χ3n) is 13.2. The van der Waals surface area contributed by atoms with Crippen LogP contribution in [0.2, 0.25) is 0 Å². The Morgan fingerprint density at radius 1 is 0.528 bits per heavy atom. The zero-order valence-corrected chi connectivity index (χ0v) is 43.3. The number of aliphatic hydroxyl groups excluding tert-OH is 1. The predicted octanol–water partition coefficient (Wildman–Crippen LogP) is 17.4. The highest BCUT2D eigenvalue weighted by molar-refractivity contribution is 5.97. The van der Waals surface area contributed by atoms with Gasteiger partial charge in [0.1, 0.15) is 23.0 Å². The van der Waals surface area contributed by atoms with Crippen LogP contribution in [0, 0.1) is 30.9 Å². The maximum absolute atomic E-state index is 13.8. The minimum absolute atomic E-state index is 0.0497. The van der Waals surface area contributed by atoms with E-state index >= 15 is 0 Å². The summed E-state index contributed by atoms with van der Waals surface area (Å²) in [6.45, 7) is 11.4. The van der Waals surface area contributed by atoms with Gasteiger partial charge in [-0.2, -0.15) is 0 Å². The van der Waals surface area contributed by atoms with E-state index in [4.69, 9.17) is 18.9 Å². The fraction of sp³-hybridized carbons (Fsp3) is 0.381. The summed E-state index contributed by atoms with van der Waals surface area (Å²) in [6.07, 6.45) is 22.5. The molecular formula is C63H75NO8. The van der Waals surface area contributed by atoms with E-state index in [2.05, 4.69) is 13.8 Å². The van der Waals surface area contributed by atoms with E-state index in [-0.39, 0.29) is 11.3 Å². The summed E-state index contributed by atoms with van der Waals surface area (Å²) >= 11 is 0. The van der Waals surface area contributed by atoms with E-state index < -0.39 is 17.2 Å². The van der Waals surface area contributed by atoms with Crippen molar-refractivity contribution in [2.45, 2.75) is 144 Å². The molecule has 72 heavy (non-hydrogen) atoms. The summed E-state index contributed by atoms with van der Waals surface area (Å²) in [5, 5.41) is 23.3. The Labute approximate surface area is 428 Å². The number of nitro benzene ring substituents is 1. The zero-order chi connectivity index (χ0) is 51.1. The molecule has 0 amide bonds. The minimum Gasteiger partial charge on any atom is -0.494 e. The smallest absolute Gasteiger partial charge is 0.344 e. The lowest BCUT2D eigenvalue weighted by molar-refractivity contribution is -0.385. The van der Waals surface area contributed by atoms with Crippen LogP contribution in [0.25, 0.3) is 34.4 Å². The second-order valence-electron chi connectivity index (χ2n) is 19.0. The topological polar surface area (TPSA) is 117 Å². The predicted molar refractivity (Wildman–Crippen MR) is 293 cm³/mol. The van der Waals surface area contributed by atoms with E-state index in [1.165, 1.54) is 96.0 Å². The van der Waals surface area contributed by atoms with Crippen LogP contribution < -0.4 is 18.9 Å². The van der Waals surface area contributed by atoms with Gasteiger partial charge in [0, 0.05) is 17.2 Å². The van der Waals surface area contributed by atoms with Crippen molar-refractivity contribution in [3.63, 3.8) is 0 Å². The number of nitro groups is 1. The van der Waals surface area contributed by atoms with Crippen LogP contribution in [0.1, 0.15) is 167 Å². The molecule has 0 aliphatic carbocycles. The molecule has 1 N–H and O–H groups in total. The van der Waals surface area contributed by atoms with Crippen molar-refractivity contribution in [1.29, 1.82) is 0 Å². The van der Waals surface area contributed by atoms with Crippen molar-refractivity contribution in [3.05, 3.63) is 170 Å². The zero-order valence-electron chi connectivity index (χ0n) is 43.3. The van der Waals surface area contributed by atoms with E-state index in [0.29, 0.717) is 34.8 Å². The molecule has 9 heteroatoms. The summed E-state index contributed by atoms with van der Waals surface area (Å²) in [4.78, 5) is 25.3. The van der Waals surface area contributed by atoms with E-state index in [1.54, 1.807) is 31.2 Å². The van der Waals surface area contributed by atoms with Gasteiger partial charge in [-0.3, -0.25) is 10.1 Å². The summed E-state index contributed by atoms with van der Waals surface area (Å²) in [7, 11) is 0. The van der Waals surface area contributed by atoms with Crippen molar-refractivity contribution >= 4 is 23.8 Å². The summed E-state index contributed by atoms with van der Waals surface area (Å²) in [6, 6.07) is 37.6. The molecule has 0 fully saturated rings. The standard InChI is InChI=1S/C63H75NO8/c1-6-8-10-12-14-16-18-20-40-69-56-34-28-50(29-35-56)49-22-24-53(25-23-49)62(65)72-61-44-54(46(3)42-48(61)5)26-27-55-43-47(4)60(64(67)68)45-59(55)63(66)71-58-38-32-52(33-39-58)51-30-36-57(37-31-51)70-41-21-19-17-15-13-11-9-7-2/h22-39,42-45,62,65H,6-21,40-41H2,1-5H3/b27-26+. The highest BCUT2D eigenvalue weighted by atomic mass is 16.6. The lowest BCUT2D eigenvalue weighted by atomic mass is 9.99. The average Bonchev–Trinajstić information content (AvgIpc) is 3.38. The van der Waals surface area contributed by atoms with Gasteiger partial charge in [0.2, 0.25) is 6.29 Å². The molecule has 0 aliphatic rings. The minimum atomic E-state index is -1.23. The molecule has 0 saturated carbocycles. The number of unbranched alkanes of at least 4 members (excludes halogenated alkanes) is 14. The van der Waals surface area contributed by atoms with Crippen molar-refractivity contribution < 1.29 is 33.8 Å². The largest absolute Gasteiger partial charge is 0.494 e. The molecule has 0 radical (unpaired) electrons. The number of carbonyl (C=O) groups excluding carboxylic acids is 1. The Bertz CT molecular complexity index is 2640. The van der Waals surface area contributed by atoms with Gasteiger partial charge >= 0.3 is 5.97 Å². The number of carbonyl (C=O) groups is 1. The number of benzene rings is 6. The van der Waals surface area contributed by atoms with Gasteiger partial charge in [-0.15, -0.1) is 0 Å². The molecule has 0 saturated heterocycles. The Morgan fingerprint density at radius 2 is 0.958 bits per heavy atom. The second-order valence-corrected chi connectivity index (χ2v) is 19.0. The average molecular weight is 974 g/mol. The Kier molecular flexibility index (Phi) is 22.0. The van der Waals surface area contributed by atoms with E-state index in [0.717, 1.165) is 69.9 Å². The van der Waals surface area contributed by atoms with Crippen molar-refractivity contribution in [2.24, 2.45) is 0 Å². The quantitative estimate of drug-likeness (QED) is 0.00902. The van der Waals surface area contributed by atoms with E-state index in [1.807, 2.05) is 117 Å². The highest BCUT2D eigenvalue weighted by Gasteiger charge is 2.21. The van der Waals surface area contributed by atoms with Crippen molar-refractivity contribution in [1.82, 2.24) is 0 Å². The Hall–Kier alpha value is -6.71. The van der Waals surface area contributed by atoms with Gasteiger partial charge in [-0.1, -0.05) is 183 Å². The normalized spacial score (nSPS) is 11.7. The van der Waals surface area contributed by atoms with Crippen LogP contribution in [-0.4, -0.2) is 29.2 Å². The van der Waals surface area contributed by atoms with Gasteiger partial charge in [0.15, 0.2) is 0 Å². The number of hydrogen-bond donors (Lipinski definition) is 1. The highest BCUT2D eigenvalue weighted by Crippen LogP contribution is 2.32. The van der Waals surface area contributed by atoms with Crippen LogP contribution >= 0.6 is 0 Å². The molecule has 0 aliphatic heterocycles. The molecular weight excluding hydrogens is 899 g/mol. The first-order valence-electron chi connectivity index (χ1n) is 26.3. The van der Waals surface area contributed by atoms with E-state index in [9.17, 15) is 20.0 Å². The molecule has 1 unspecified atom stereocenters. The fourth-order valence-electron chi connectivity index (χ4n) is 8.81. The second kappa shape index (κ2) is 29.0. The third-order valence-corrected chi connectivity index (χ3v) is 13.2. The van der Waals surface area contributed by atoms with Crippen LogP contribution in [0.15, 0.2) is 121 Å². The first kappa shape index (κ1) is 54.6. The number of rotatable bonds is 30. The summed E-state index contributed by atoms with van der Waals surface area (Å²) < 4.78 is 23.9. The maximum atomic E-state index is 13.8. The van der Waals surface area contributed by atoms with Crippen LogP contribution in [0.4, 0.5) is 5.69 Å². The molecule has 6 aromatic rings. The lowest BCUT2D eigenvalue weighted by Gasteiger charge is -2.17. The van der Waals surface area contributed by atoms with Crippen LogP contribution in [-0.2, 0) is 0 Å². The van der Waals surface area contributed by atoms with Crippen LogP contribution in [0.3, 0.4) is 0 Å². The molecule has 0 spiro atoms. The molecule has 1 atom stereocenters. The van der Waals surface area contributed by atoms with Crippen molar-refractivity contribution in [2.75, 3.05) is 13.2 Å². The number of aliphatic hydroxyl groups is 1. The lowest BCUT2D eigenvalue weighted by Crippen LogP contribution is -2.11. The van der Waals surface area contributed by atoms with Gasteiger partial charge in [-0.25, -0.2) is 4.79 Å². The number of hydrogen-bond acceptors (Lipinski definition) is 8. The van der Waals surface area contributed by atoms with Gasteiger partial charge < -0.3 is 24.1 Å². The number of aryl methyl sites for hydroxylation is 3. The fourth-order valence-corrected chi connectivity index (χ4v) is 8.81. The van der Waals surface area contributed by atoms with Crippen LogP contribution in [0.5, 0.6) is 23.0 Å². The molecule has 0 bridgehead atoms. The SMILES string of the molecule is CCCCCCCCCCOc1ccc(-c2ccc(OC(=O)c3cc([N+](=O)[O-])c(C)cc3/C=C/c3cc(OC(O)c4ccc(-c5ccc(OCCCCCCCCCC)cc5)cc4)c(C)cc3C)cc2)cc1. The summed E-state index contributed by atoms with van der Waals surface area (Å²) in [5.74, 6) is 1.76. The Morgan fingerprint density at radius 3 is 1.43 bits per heavy atom. The maximum Gasteiger partial charge on any atom is 0.344 e. The number of ether oxygens (including phenoxy) is 4. The monoisotopic (exact) mass is 974 g/mol. The molecule has 0 aromatic heterocycles. The first-order valence-corrected chi connectivity index (χ1v) is 26.3. The molecule has 6 aromatic carbocycles. The van der Waals surface area contributed by atoms with Crippen molar-refractivity contribution in [3.8, 4) is 45.3 Å². The number of esters is 1. The molecule has 0 heterocycles. The van der Waals surface area contributed by atoms with Gasteiger partial charge in [-0.05, 0) is 127 Å². The molecule has 380 valence electrons. The molecule has 9 nitrogen and oxygen atoms in total. The summed E-state index contributed by atoms with van der Waals surface area (Å²) in [5.41, 5.74) is 7.85. The molecule has 6 rings (SSSR count). The first-order chi connectivity index (χ1) is 35.0. The van der Waals surface area contributed by atoms with Gasteiger partial charge in [0.05, 0.1) is 23.7 Å². The Balaban J connectivity index is 1.05.